The Labute approximate surface area is 212 Å². The van der Waals surface area contributed by atoms with E-state index in [0.717, 1.165) is 0 Å². The van der Waals surface area contributed by atoms with E-state index in [1.54, 1.807) is 54.6 Å². The van der Waals surface area contributed by atoms with Crippen molar-refractivity contribution in [1.29, 1.82) is 0 Å². The zero-order valence-corrected chi connectivity index (χ0v) is 20.9. The molecule has 0 unspecified atom stereocenters. The van der Waals surface area contributed by atoms with Gasteiger partial charge in [-0.3, -0.25) is 5.32 Å². The van der Waals surface area contributed by atoms with E-state index in [4.69, 9.17) is 18.9 Å². The maximum absolute atomic E-state index is 12.9. The molecule has 4 rings (SSSR count). The molecule has 0 saturated carbocycles. The lowest BCUT2D eigenvalue weighted by Crippen LogP contribution is -2.32. The number of para-hydroxylation sites is 1. The van der Waals surface area contributed by atoms with Crippen molar-refractivity contribution in [3.63, 3.8) is 0 Å². The molecule has 0 spiro atoms. The average molecular weight is 595 g/mol. The van der Waals surface area contributed by atoms with Crippen LogP contribution in [-0.4, -0.2) is 35.8 Å². The molecule has 0 saturated heterocycles. The fourth-order valence-corrected chi connectivity index (χ4v) is 4.71. The van der Waals surface area contributed by atoms with Crippen LogP contribution in [0.25, 0.3) is 0 Å². The second kappa shape index (κ2) is 11.0. The summed E-state index contributed by atoms with van der Waals surface area (Å²) in [6.07, 6.45) is -2.50. The summed E-state index contributed by atoms with van der Waals surface area (Å²) < 4.78 is 23.5. The van der Waals surface area contributed by atoms with Crippen LogP contribution in [0, 0.1) is 0 Å². The number of nitrogens with one attached hydrogen (secondary N) is 1. The van der Waals surface area contributed by atoms with E-state index < -0.39 is 18.3 Å². The predicted molar refractivity (Wildman–Crippen MR) is 131 cm³/mol. The molecule has 3 aromatic rings. The molecule has 1 aliphatic heterocycles. The molecule has 3 aromatic carbocycles. The van der Waals surface area contributed by atoms with Gasteiger partial charge in [-0.25, -0.2) is 4.79 Å². The number of ether oxygens (including phenoxy) is 4. The molecule has 0 bridgehead atoms. The van der Waals surface area contributed by atoms with E-state index in [1.165, 1.54) is 0 Å². The Kier molecular flexibility index (Phi) is 7.81. The molecule has 8 nitrogen and oxygen atoms in total. The zero-order chi connectivity index (χ0) is 24.1. The van der Waals surface area contributed by atoms with E-state index in [-0.39, 0.29) is 25.6 Å². The lowest BCUT2D eigenvalue weighted by Gasteiger charge is -2.28. The van der Waals surface area contributed by atoms with Crippen LogP contribution in [0.4, 0.5) is 10.5 Å². The third kappa shape index (κ3) is 5.75. The molecule has 178 valence electrons. The van der Waals surface area contributed by atoms with Gasteiger partial charge in [0, 0.05) is 34.8 Å². The summed E-state index contributed by atoms with van der Waals surface area (Å²) in [5.74, 6) is 1.51. The van der Waals surface area contributed by atoms with Crippen LogP contribution in [-0.2, 0) is 4.74 Å². The number of carbonyl (C=O) groups is 1. The van der Waals surface area contributed by atoms with Crippen LogP contribution < -0.4 is 19.5 Å². The minimum atomic E-state index is -1.06. The first kappa shape index (κ1) is 24.2. The predicted octanol–water partition coefficient (Wildman–Crippen LogP) is 5.77. The summed E-state index contributed by atoms with van der Waals surface area (Å²) in [4.78, 5) is 12.9. The Morgan fingerprint density at radius 3 is 2.59 bits per heavy atom. The number of anilines is 1. The van der Waals surface area contributed by atoms with Crippen LogP contribution in [0.15, 0.2) is 69.6 Å². The number of halogens is 2. The highest BCUT2D eigenvalue weighted by Crippen LogP contribution is 2.40. The molecular formula is C24H21Br2NO7. The van der Waals surface area contributed by atoms with Crippen molar-refractivity contribution in [2.75, 3.05) is 18.7 Å². The number of benzene rings is 3. The summed E-state index contributed by atoms with van der Waals surface area (Å²) in [5.41, 5.74) is 0.742. The Balaban J connectivity index is 1.63. The monoisotopic (exact) mass is 593 g/mol. The molecule has 0 aliphatic carbocycles. The molecule has 1 heterocycles. The maximum atomic E-state index is 12.9. The summed E-state index contributed by atoms with van der Waals surface area (Å²) in [6.45, 7) is -0.112. The second-order valence-corrected chi connectivity index (χ2v) is 9.10. The van der Waals surface area contributed by atoms with Crippen molar-refractivity contribution in [2.24, 2.45) is 0 Å². The van der Waals surface area contributed by atoms with Gasteiger partial charge in [0.15, 0.2) is 17.6 Å². The van der Waals surface area contributed by atoms with Gasteiger partial charge in [-0.15, -0.1) is 0 Å². The van der Waals surface area contributed by atoms with Crippen molar-refractivity contribution in [3.05, 3.63) is 75.2 Å². The van der Waals surface area contributed by atoms with Gasteiger partial charge in [0.1, 0.15) is 17.6 Å². The summed E-state index contributed by atoms with van der Waals surface area (Å²) >= 11 is 6.72. The molecule has 1 amide bonds. The van der Waals surface area contributed by atoms with Gasteiger partial charge in [-0.2, -0.15) is 0 Å². The number of hydrogen-bond acceptors (Lipinski definition) is 7. The minimum absolute atomic E-state index is 0.108. The lowest BCUT2D eigenvalue weighted by atomic mass is 10.0. The Bertz CT molecular complexity index is 1160. The quantitative estimate of drug-likeness (QED) is 0.304. The fourth-order valence-electron chi connectivity index (χ4n) is 3.45. The van der Waals surface area contributed by atoms with Gasteiger partial charge in [0.05, 0.1) is 4.47 Å². The molecule has 10 heteroatoms. The van der Waals surface area contributed by atoms with Gasteiger partial charge in [0.25, 0.3) is 0 Å². The third-order valence-corrected chi connectivity index (χ3v) is 6.06. The number of hydrogen-bond donors (Lipinski definition) is 3. The highest BCUT2D eigenvalue weighted by atomic mass is 79.9. The second-order valence-electron chi connectivity index (χ2n) is 7.33. The Morgan fingerprint density at radius 2 is 1.82 bits per heavy atom. The first-order valence-corrected chi connectivity index (χ1v) is 11.9. The van der Waals surface area contributed by atoms with Crippen molar-refractivity contribution in [1.82, 2.24) is 0 Å². The normalized spacial score (nSPS) is 13.7. The van der Waals surface area contributed by atoms with Crippen molar-refractivity contribution < 1.29 is 34.0 Å². The van der Waals surface area contributed by atoms with Crippen LogP contribution in [0.5, 0.6) is 23.0 Å². The topological polar surface area (TPSA) is 106 Å². The van der Waals surface area contributed by atoms with Crippen LogP contribution >= 0.6 is 31.9 Å². The molecule has 0 radical (unpaired) electrons. The number of fused-ring (bicyclic) bond motifs is 1. The first-order chi connectivity index (χ1) is 16.4. The fraction of sp³-hybridized carbons (Fsp3) is 0.208. The largest absolute Gasteiger partial charge is 0.506 e. The minimum Gasteiger partial charge on any atom is -0.506 e. The van der Waals surface area contributed by atoms with Gasteiger partial charge in [-0.05, 0) is 52.3 Å². The molecule has 34 heavy (non-hydrogen) atoms. The number of amides is 1. The Morgan fingerprint density at radius 1 is 1.06 bits per heavy atom. The maximum Gasteiger partial charge on any atom is 0.412 e. The number of aliphatic hydroxyl groups is 1. The lowest BCUT2D eigenvalue weighted by molar-refractivity contribution is 0.00792. The highest BCUT2D eigenvalue weighted by Gasteiger charge is 2.32. The number of rotatable bonds is 8. The third-order valence-electron chi connectivity index (χ3n) is 5.00. The Hall–Kier alpha value is -2.95. The van der Waals surface area contributed by atoms with E-state index in [9.17, 15) is 15.0 Å². The molecule has 3 N–H and O–H groups in total. The van der Waals surface area contributed by atoms with Gasteiger partial charge in [0.2, 0.25) is 6.79 Å². The molecule has 2 atom stereocenters. The van der Waals surface area contributed by atoms with E-state index in [0.29, 0.717) is 37.4 Å². The van der Waals surface area contributed by atoms with E-state index in [2.05, 4.69) is 37.2 Å². The highest BCUT2D eigenvalue weighted by molar-refractivity contribution is 9.11. The number of aromatic hydroxyl groups is 1. The zero-order valence-electron chi connectivity index (χ0n) is 17.7. The van der Waals surface area contributed by atoms with Crippen LogP contribution in [0.3, 0.4) is 0 Å². The smallest absolute Gasteiger partial charge is 0.412 e. The average Bonchev–Trinajstić information content (AvgIpc) is 3.28. The van der Waals surface area contributed by atoms with Crippen LogP contribution in [0.1, 0.15) is 18.1 Å². The number of phenols is 1. The first-order valence-electron chi connectivity index (χ1n) is 10.3. The molecule has 0 fully saturated rings. The standard InChI is InChI=1S/C24H21Br2NO7/c25-14-10-17(22(29)18(26)11-14)23(20(8-9-28)33-16-4-2-1-3-5-16)34-24(30)27-15-6-7-19-21(12-15)32-13-31-19/h1-7,10-12,20,23,28-29H,8-9,13H2,(H,27,30)/t20-,23-/m0/s1. The van der Waals surface area contributed by atoms with E-state index in [1.807, 2.05) is 6.07 Å². The summed E-state index contributed by atoms with van der Waals surface area (Å²) in [7, 11) is 0. The number of carbonyl (C=O) groups excluding carboxylic acids is 1. The van der Waals surface area contributed by atoms with E-state index >= 15 is 0 Å². The van der Waals surface area contributed by atoms with Crippen molar-refractivity contribution in [3.8, 4) is 23.0 Å². The summed E-state index contributed by atoms with van der Waals surface area (Å²) in [6, 6.07) is 17.2. The molecule has 1 aliphatic rings. The van der Waals surface area contributed by atoms with Crippen LogP contribution in [0.2, 0.25) is 0 Å². The van der Waals surface area contributed by atoms with Crippen molar-refractivity contribution in [2.45, 2.75) is 18.6 Å². The SMILES string of the molecule is O=C(Nc1ccc2c(c1)OCO2)O[C@@H](c1cc(Br)cc(Br)c1O)[C@H](CCO)Oc1ccccc1. The molecular weight excluding hydrogens is 574 g/mol. The molecule has 0 aromatic heterocycles. The van der Waals surface area contributed by atoms with Gasteiger partial charge >= 0.3 is 6.09 Å². The van der Waals surface area contributed by atoms with Crippen molar-refractivity contribution >= 4 is 43.6 Å². The van der Waals surface area contributed by atoms with Gasteiger partial charge < -0.3 is 29.2 Å². The summed E-state index contributed by atoms with van der Waals surface area (Å²) in [5, 5.41) is 23.1. The number of aliphatic hydroxyl groups excluding tert-OH is 1. The number of phenolic OH excluding ortho intramolecular Hbond substituents is 1. The van der Waals surface area contributed by atoms with Gasteiger partial charge in [-0.1, -0.05) is 34.1 Å².